The Morgan fingerprint density at radius 1 is 1.31 bits per heavy atom. The van der Waals surface area contributed by atoms with E-state index in [0.717, 1.165) is 6.54 Å². The van der Waals surface area contributed by atoms with Gasteiger partial charge in [0, 0.05) is 10.3 Å². The maximum absolute atomic E-state index is 4.86. The summed E-state index contributed by atoms with van der Waals surface area (Å²) in [6.45, 7) is 10.1. The molecule has 2 nitrogen and oxygen atoms in total. The number of nitrogens with one attached hydrogen (secondary N) is 1. The molecule has 0 aliphatic carbocycles. The van der Waals surface area contributed by atoms with Crippen LogP contribution in [0.5, 0.6) is 0 Å². The maximum atomic E-state index is 4.86. The van der Waals surface area contributed by atoms with Crippen molar-refractivity contribution in [2.45, 2.75) is 58.4 Å². The molecule has 1 N–H and O–H groups in total. The molecular weight excluding hydrogens is 216 g/mol. The van der Waals surface area contributed by atoms with E-state index in [1.807, 2.05) is 11.3 Å². The molecule has 2 rings (SSSR count). The lowest BCUT2D eigenvalue weighted by atomic mass is 9.97. The van der Waals surface area contributed by atoms with E-state index in [1.54, 1.807) is 0 Å². The zero-order valence-electron chi connectivity index (χ0n) is 10.8. The van der Waals surface area contributed by atoms with Crippen LogP contribution in [0.3, 0.4) is 0 Å². The first-order chi connectivity index (χ1) is 7.48. The van der Waals surface area contributed by atoms with E-state index in [9.17, 15) is 0 Å². The van der Waals surface area contributed by atoms with E-state index in [0.29, 0.717) is 6.04 Å². The van der Waals surface area contributed by atoms with Crippen LogP contribution < -0.4 is 5.32 Å². The van der Waals surface area contributed by atoms with Crippen molar-refractivity contribution in [2.24, 2.45) is 0 Å². The molecule has 0 spiro atoms. The summed E-state index contributed by atoms with van der Waals surface area (Å²) in [5.41, 5.74) is 1.48. The first kappa shape index (κ1) is 12.1. The highest BCUT2D eigenvalue weighted by Gasteiger charge is 2.24. The minimum atomic E-state index is 0.183. The largest absolute Gasteiger partial charge is 0.309 e. The molecule has 1 saturated heterocycles. The molecule has 1 aromatic heterocycles. The molecule has 0 aromatic carbocycles. The quantitative estimate of drug-likeness (QED) is 0.809. The predicted molar refractivity (Wildman–Crippen MR) is 70.1 cm³/mol. The van der Waals surface area contributed by atoms with Crippen molar-refractivity contribution in [3.8, 4) is 0 Å². The van der Waals surface area contributed by atoms with Gasteiger partial charge in [-0.25, -0.2) is 4.98 Å². The molecule has 1 atom stereocenters. The molecule has 90 valence electrons. The lowest BCUT2D eigenvalue weighted by molar-refractivity contribution is 0.403. The third kappa shape index (κ3) is 2.46. The van der Waals surface area contributed by atoms with Gasteiger partial charge >= 0.3 is 0 Å². The number of thiazole rings is 1. The summed E-state index contributed by atoms with van der Waals surface area (Å²) in [5, 5.41) is 4.86. The summed E-state index contributed by atoms with van der Waals surface area (Å²) in [6.07, 6.45) is 3.89. The molecule has 1 aromatic rings. The number of piperidine rings is 1. The Morgan fingerprint density at radius 3 is 2.56 bits per heavy atom. The molecular formula is C13H22N2S. The van der Waals surface area contributed by atoms with Crippen LogP contribution in [0.15, 0.2) is 0 Å². The van der Waals surface area contributed by atoms with Crippen LogP contribution in [-0.4, -0.2) is 11.5 Å². The summed E-state index contributed by atoms with van der Waals surface area (Å²) in [6, 6.07) is 0.501. The topological polar surface area (TPSA) is 24.9 Å². The van der Waals surface area contributed by atoms with Crippen molar-refractivity contribution < 1.29 is 0 Å². The molecule has 3 heteroatoms. The minimum Gasteiger partial charge on any atom is -0.309 e. The first-order valence-corrected chi connectivity index (χ1v) is 7.01. The Bertz CT molecular complexity index is 356. The van der Waals surface area contributed by atoms with Gasteiger partial charge in [0.2, 0.25) is 0 Å². The van der Waals surface area contributed by atoms with Crippen molar-refractivity contribution in [1.29, 1.82) is 0 Å². The minimum absolute atomic E-state index is 0.183. The highest BCUT2D eigenvalue weighted by molar-refractivity contribution is 7.11. The fourth-order valence-electron chi connectivity index (χ4n) is 2.14. The van der Waals surface area contributed by atoms with Crippen LogP contribution in [0.25, 0.3) is 0 Å². The summed E-state index contributed by atoms with van der Waals surface area (Å²) in [4.78, 5) is 6.25. The van der Waals surface area contributed by atoms with E-state index < -0.39 is 0 Å². The van der Waals surface area contributed by atoms with E-state index in [-0.39, 0.29) is 5.41 Å². The second kappa shape index (κ2) is 4.46. The number of hydrogen-bond donors (Lipinski definition) is 1. The van der Waals surface area contributed by atoms with Gasteiger partial charge in [-0.15, -0.1) is 11.3 Å². The zero-order valence-corrected chi connectivity index (χ0v) is 11.6. The van der Waals surface area contributed by atoms with Gasteiger partial charge in [0.1, 0.15) is 0 Å². The van der Waals surface area contributed by atoms with E-state index in [1.165, 1.54) is 34.8 Å². The fourth-order valence-corrected chi connectivity index (χ4v) is 3.17. The molecule has 1 unspecified atom stereocenters. The highest BCUT2D eigenvalue weighted by atomic mass is 32.1. The van der Waals surface area contributed by atoms with Gasteiger partial charge in [-0.1, -0.05) is 27.2 Å². The van der Waals surface area contributed by atoms with E-state index >= 15 is 0 Å². The first-order valence-electron chi connectivity index (χ1n) is 6.19. The molecule has 16 heavy (non-hydrogen) atoms. The van der Waals surface area contributed by atoms with Gasteiger partial charge in [0.15, 0.2) is 0 Å². The van der Waals surface area contributed by atoms with Crippen LogP contribution in [0.1, 0.15) is 61.7 Å². The molecule has 0 bridgehead atoms. The smallest absolute Gasteiger partial charge is 0.0985 e. The second-order valence-electron chi connectivity index (χ2n) is 5.71. The lowest BCUT2D eigenvalue weighted by Crippen LogP contribution is -2.27. The Kier molecular flexibility index (Phi) is 3.36. The fraction of sp³-hybridized carbons (Fsp3) is 0.769. The third-order valence-corrected chi connectivity index (χ3v) is 4.53. The maximum Gasteiger partial charge on any atom is 0.0985 e. The summed E-state index contributed by atoms with van der Waals surface area (Å²) in [5.74, 6) is 0. The average molecular weight is 238 g/mol. The Morgan fingerprint density at radius 2 is 2.06 bits per heavy atom. The molecule has 2 heterocycles. The summed E-state index contributed by atoms with van der Waals surface area (Å²) in [7, 11) is 0. The van der Waals surface area contributed by atoms with Crippen LogP contribution in [0, 0.1) is 6.92 Å². The zero-order chi connectivity index (χ0) is 11.8. The SMILES string of the molecule is Cc1sc(C(C)(C)C)nc1C1CCCCN1. The van der Waals surface area contributed by atoms with Gasteiger partial charge in [0.25, 0.3) is 0 Å². The van der Waals surface area contributed by atoms with Crippen LogP contribution in [-0.2, 0) is 5.41 Å². The van der Waals surface area contributed by atoms with Gasteiger partial charge in [0.05, 0.1) is 16.7 Å². The monoisotopic (exact) mass is 238 g/mol. The molecule has 0 saturated carbocycles. The molecule has 0 amide bonds. The average Bonchev–Trinajstić information content (AvgIpc) is 2.61. The van der Waals surface area contributed by atoms with Crippen molar-refractivity contribution >= 4 is 11.3 Å². The van der Waals surface area contributed by atoms with Crippen LogP contribution in [0.2, 0.25) is 0 Å². The number of rotatable bonds is 1. The van der Waals surface area contributed by atoms with Gasteiger partial charge < -0.3 is 5.32 Å². The number of aromatic nitrogens is 1. The standard InChI is InChI=1S/C13H22N2S/c1-9-11(10-7-5-6-8-14-10)15-12(16-9)13(2,3)4/h10,14H,5-8H2,1-4H3. The van der Waals surface area contributed by atoms with E-state index in [4.69, 9.17) is 4.98 Å². The number of hydrogen-bond acceptors (Lipinski definition) is 3. The lowest BCUT2D eigenvalue weighted by Gasteiger charge is -2.22. The molecule has 1 aliphatic heterocycles. The Hall–Kier alpha value is -0.410. The van der Waals surface area contributed by atoms with Crippen molar-refractivity contribution in [1.82, 2.24) is 10.3 Å². The van der Waals surface area contributed by atoms with Crippen molar-refractivity contribution in [3.05, 3.63) is 15.6 Å². The highest BCUT2D eigenvalue weighted by Crippen LogP contribution is 2.33. The van der Waals surface area contributed by atoms with Gasteiger partial charge in [-0.2, -0.15) is 0 Å². The van der Waals surface area contributed by atoms with Crippen molar-refractivity contribution in [3.63, 3.8) is 0 Å². The number of aryl methyl sites for hydroxylation is 1. The van der Waals surface area contributed by atoms with Crippen molar-refractivity contribution in [2.75, 3.05) is 6.54 Å². The van der Waals surface area contributed by atoms with Crippen LogP contribution in [0.4, 0.5) is 0 Å². The molecule has 1 fully saturated rings. The second-order valence-corrected chi connectivity index (χ2v) is 6.92. The summed E-state index contributed by atoms with van der Waals surface area (Å²) >= 11 is 1.86. The predicted octanol–water partition coefficient (Wildman–Crippen LogP) is 3.56. The normalized spacial score (nSPS) is 22.4. The summed E-state index contributed by atoms with van der Waals surface area (Å²) < 4.78 is 0. The van der Waals surface area contributed by atoms with E-state index in [2.05, 4.69) is 33.0 Å². The third-order valence-electron chi connectivity index (χ3n) is 3.11. The van der Waals surface area contributed by atoms with Crippen LogP contribution >= 0.6 is 11.3 Å². The van der Waals surface area contributed by atoms with Gasteiger partial charge in [-0.05, 0) is 26.3 Å². The molecule has 1 aliphatic rings. The van der Waals surface area contributed by atoms with Gasteiger partial charge in [-0.3, -0.25) is 0 Å². The number of nitrogens with zero attached hydrogens (tertiary/aromatic N) is 1. The molecule has 0 radical (unpaired) electrons. The Balaban J connectivity index is 2.24. The Labute approximate surface area is 102 Å².